The van der Waals surface area contributed by atoms with Crippen molar-refractivity contribution in [3.8, 4) is 17.0 Å². The molecule has 210 valence electrons. The second-order valence-electron chi connectivity index (χ2n) is 10.0. The summed E-state index contributed by atoms with van der Waals surface area (Å²) < 4.78 is 45.7. The second-order valence-corrected chi connectivity index (χ2v) is 10.0. The number of fused-ring (bicyclic) bond motifs is 2. The fraction of sp³-hybridized carbons (Fsp3) is 0.276. The van der Waals surface area contributed by atoms with Crippen LogP contribution in [0.2, 0.25) is 0 Å². The van der Waals surface area contributed by atoms with Crippen LogP contribution in [-0.2, 0) is 17.8 Å². The number of Topliss-reactive ketones (excluding diaryl/α,β-unsaturated/α-hetero) is 1. The zero-order valence-corrected chi connectivity index (χ0v) is 22.2. The number of hydrazone groups is 1. The van der Waals surface area contributed by atoms with Gasteiger partial charge < -0.3 is 14.6 Å². The summed E-state index contributed by atoms with van der Waals surface area (Å²) in [5, 5.41) is 5.18. The average molecular weight is 563 g/mol. The molecule has 1 unspecified atom stereocenters. The van der Waals surface area contributed by atoms with Crippen LogP contribution in [0.5, 0.6) is 5.75 Å². The van der Waals surface area contributed by atoms with Crippen LogP contribution < -0.4 is 9.75 Å². The fourth-order valence-corrected chi connectivity index (χ4v) is 5.52. The number of ketones is 1. The molecule has 0 spiro atoms. The first-order valence-corrected chi connectivity index (χ1v) is 13.0. The minimum Gasteiger partial charge on any atom is -0.494 e. The van der Waals surface area contributed by atoms with Crippen molar-refractivity contribution in [3.63, 3.8) is 0 Å². The highest BCUT2D eigenvalue weighted by Crippen LogP contribution is 2.38. The first-order valence-electron chi connectivity index (χ1n) is 13.0. The Bertz CT molecular complexity index is 1700. The van der Waals surface area contributed by atoms with E-state index in [2.05, 4.69) is 20.1 Å². The van der Waals surface area contributed by atoms with Crippen molar-refractivity contribution in [1.82, 2.24) is 19.9 Å². The van der Waals surface area contributed by atoms with Crippen molar-refractivity contribution < 1.29 is 27.5 Å². The van der Waals surface area contributed by atoms with Gasteiger partial charge in [0, 0.05) is 37.0 Å². The number of benzene rings is 1. The third-order valence-electron chi connectivity index (χ3n) is 7.48. The molecule has 2 aliphatic rings. The van der Waals surface area contributed by atoms with E-state index in [9.17, 15) is 22.8 Å². The molecule has 1 aromatic carbocycles. The van der Waals surface area contributed by atoms with Gasteiger partial charge in [0.05, 0.1) is 42.0 Å². The standard InChI is InChI=1S/C29H25F3N6O3/c1-16-14-38(36-26(16)29(30,31)32)27-24-23(22(41-2)13-35-27)20(12-34-24)25(39)28(40)37-11-9-18-17(15-37)6-5-7-19(18)21-8-3-4-10-33-21/h3-8,10,12-13,16,34H,9,11,14-15H2,1-2H3. The number of alkyl halides is 3. The van der Waals surface area contributed by atoms with Crippen LogP contribution in [0.15, 0.2) is 60.1 Å². The SMILES string of the molecule is COc1cnc(N2CC(C)C(C(F)(F)F)=N2)c2[nH]cc(C(=O)C(=O)N3CCc4c(cccc4-c4ccccn4)C3)c12. The molecule has 2 aliphatic heterocycles. The topological polar surface area (TPSA) is 104 Å². The summed E-state index contributed by atoms with van der Waals surface area (Å²) in [6, 6.07) is 11.5. The van der Waals surface area contributed by atoms with Crippen molar-refractivity contribution in [2.45, 2.75) is 26.1 Å². The Morgan fingerprint density at radius 2 is 1.95 bits per heavy atom. The van der Waals surface area contributed by atoms with Crippen LogP contribution in [0.1, 0.15) is 28.4 Å². The monoisotopic (exact) mass is 562 g/mol. The number of hydrogen-bond acceptors (Lipinski definition) is 7. The number of halogens is 3. The Morgan fingerprint density at radius 1 is 1.12 bits per heavy atom. The first kappa shape index (κ1) is 26.5. The molecule has 0 radical (unpaired) electrons. The quantitative estimate of drug-likeness (QED) is 0.278. The Hall–Kier alpha value is -4.74. The molecule has 0 saturated heterocycles. The summed E-state index contributed by atoms with van der Waals surface area (Å²) in [4.78, 5) is 40.2. The first-order chi connectivity index (χ1) is 19.7. The Balaban J connectivity index is 1.31. The highest BCUT2D eigenvalue weighted by molar-refractivity contribution is 6.45. The van der Waals surface area contributed by atoms with Crippen LogP contribution in [-0.4, -0.2) is 63.6 Å². The number of amides is 1. The number of anilines is 1. The maximum absolute atomic E-state index is 13.6. The van der Waals surface area contributed by atoms with E-state index in [1.165, 1.54) is 31.3 Å². The Labute approximate surface area is 232 Å². The van der Waals surface area contributed by atoms with E-state index in [1.807, 2.05) is 36.4 Å². The maximum atomic E-state index is 13.6. The van der Waals surface area contributed by atoms with Gasteiger partial charge in [0.15, 0.2) is 5.82 Å². The minimum absolute atomic E-state index is 0.0435. The van der Waals surface area contributed by atoms with Crippen molar-refractivity contribution in [2.24, 2.45) is 11.0 Å². The number of aromatic nitrogens is 3. The molecule has 3 aromatic heterocycles. The number of carbonyl (C=O) groups is 2. The minimum atomic E-state index is -4.57. The predicted molar refractivity (Wildman–Crippen MR) is 146 cm³/mol. The second kappa shape index (κ2) is 10.0. The van der Waals surface area contributed by atoms with Crippen LogP contribution in [0.4, 0.5) is 19.0 Å². The molecule has 4 aromatic rings. The summed E-state index contributed by atoms with van der Waals surface area (Å²) in [5.74, 6) is -2.01. The molecular weight excluding hydrogens is 537 g/mol. The lowest BCUT2D eigenvalue weighted by molar-refractivity contribution is -0.127. The molecule has 12 heteroatoms. The van der Waals surface area contributed by atoms with Crippen LogP contribution in [0.25, 0.3) is 22.2 Å². The average Bonchev–Trinajstić information content (AvgIpc) is 3.60. The van der Waals surface area contributed by atoms with E-state index < -0.39 is 29.5 Å². The zero-order chi connectivity index (χ0) is 28.9. The van der Waals surface area contributed by atoms with Gasteiger partial charge in [-0.05, 0) is 29.7 Å². The van der Waals surface area contributed by atoms with Gasteiger partial charge in [-0.1, -0.05) is 31.2 Å². The molecule has 6 rings (SSSR count). The molecule has 0 saturated carbocycles. The third-order valence-corrected chi connectivity index (χ3v) is 7.48. The molecule has 1 N–H and O–H groups in total. The van der Waals surface area contributed by atoms with Gasteiger partial charge in [-0.25, -0.2) is 9.99 Å². The van der Waals surface area contributed by atoms with E-state index >= 15 is 0 Å². The van der Waals surface area contributed by atoms with Crippen molar-refractivity contribution in [1.29, 1.82) is 0 Å². The predicted octanol–water partition coefficient (Wildman–Crippen LogP) is 4.78. The number of H-pyrrole nitrogens is 1. The molecule has 1 amide bonds. The highest BCUT2D eigenvalue weighted by Gasteiger charge is 2.44. The molecule has 5 heterocycles. The summed E-state index contributed by atoms with van der Waals surface area (Å²) in [5.41, 5.74) is 3.26. The number of methoxy groups -OCH3 is 1. The van der Waals surface area contributed by atoms with Gasteiger partial charge in [0.1, 0.15) is 11.5 Å². The summed E-state index contributed by atoms with van der Waals surface area (Å²) in [6.07, 6.45) is 0.389. The van der Waals surface area contributed by atoms with Gasteiger partial charge in [0.2, 0.25) is 0 Å². The lowest BCUT2D eigenvalue weighted by Crippen LogP contribution is -2.40. The number of rotatable bonds is 5. The van der Waals surface area contributed by atoms with E-state index in [1.54, 1.807) is 6.20 Å². The van der Waals surface area contributed by atoms with Gasteiger partial charge in [0.25, 0.3) is 11.7 Å². The summed E-state index contributed by atoms with van der Waals surface area (Å²) in [6.45, 7) is 1.99. The van der Waals surface area contributed by atoms with Gasteiger partial charge >= 0.3 is 6.18 Å². The normalized spacial score (nSPS) is 17.0. The summed E-state index contributed by atoms with van der Waals surface area (Å²) in [7, 11) is 1.39. The van der Waals surface area contributed by atoms with Gasteiger partial charge in [-0.3, -0.25) is 14.6 Å². The van der Waals surface area contributed by atoms with Crippen LogP contribution in [0, 0.1) is 5.92 Å². The van der Waals surface area contributed by atoms with Crippen LogP contribution in [0.3, 0.4) is 0 Å². The van der Waals surface area contributed by atoms with Gasteiger partial charge in [-0.2, -0.15) is 18.3 Å². The summed E-state index contributed by atoms with van der Waals surface area (Å²) >= 11 is 0. The molecular formula is C29H25F3N6O3. The number of nitrogens with one attached hydrogen (secondary N) is 1. The van der Waals surface area contributed by atoms with Crippen molar-refractivity contribution in [2.75, 3.05) is 25.2 Å². The van der Waals surface area contributed by atoms with E-state index in [0.29, 0.717) is 13.0 Å². The van der Waals surface area contributed by atoms with E-state index in [-0.39, 0.29) is 41.1 Å². The number of pyridine rings is 2. The molecule has 0 bridgehead atoms. The van der Waals surface area contributed by atoms with Crippen molar-refractivity contribution >= 4 is 34.1 Å². The lowest BCUT2D eigenvalue weighted by atomic mass is 9.92. The Kier molecular flexibility index (Phi) is 6.47. The maximum Gasteiger partial charge on any atom is 0.431 e. The zero-order valence-electron chi connectivity index (χ0n) is 22.2. The molecule has 0 fully saturated rings. The van der Waals surface area contributed by atoms with Crippen molar-refractivity contribution in [3.05, 3.63) is 71.7 Å². The number of ether oxygens (including phenoxy) is 1. The van der Waals surface area contributed by atoms with Crippen LogP contribution >= 0.6 is 0 Å². The highest BCUT2D eigenvalue weighted by atomic mass is 19.4. The van der Waals surface area contributed by atoms with E-state index in [0.717, 1.165) is 27.4 Å². The van der Waals surface area contributed by atoms with Gasteiger partial charge in [-0.15, -0.1) is 0 Å². The smallest absolute Gasteiger partial charge is 0.431 e. The Morgan fingerprint density at radius 3 is 2.66 bits per heavy atom. The molecule has 0 aliphatic carbocycles. The molecule has 9 nitrogen and oxygen atoms in total. The number of carbonyl (C=O) groups excluding carboxylic acids is 2. The van der Waals surface area contributed by atoms with E-state index in [4.69, 9.17) is 4.74 Å². The third kappa shape index (κ3) is 4.58. The molecule has 1 atom stereocenters. The number of hydrogen-bond donors (Lipinski definition) is 1. The number of nitrogens with zero attached hydrogens (tertiary/aromatic N) is 5. The lowest BCUT2D eigenvalue weighted by Gasteiger charge is -2.29. The number of aromatic amines is 1. The fourth-order valence-electron chi connectivity index (χ4n) is 5.52. The largest absolute Gasteiger partial charge is 0.494 e. The molecule has 41 heavy (non-hydrogen) atoms.